The molecule has 60 valence electrons. The van der Waals surface area contributed by atoms with Crippen molar-refractivity contribution in [1.29, 1.82) is 0 Å². The van der Waals surface area contributed by atoms with E-state index in [-0.39, 0.29) is 0 Å². The molecule has 0 amide bonds. The molecule has 0 aromatic carbocycles. The van der Waals surface area contributed by atoms with Gasteiger partial charge < -0.3 is 0 Å². The third-order valence-corrected chi connectivity index (χ3v) is 1.56. The molecule has 0 saturated heterocycles. The highest BCUT2D eigenvalue weighted by atomic mass is 79.9. The molecule has 0 rings (SSSR count). The normalized spacial score (nSPS) is 14.1. The molecule has 0 atom stereocenters. The van der Waals surface area contributed by atoms with Crippen molar-refractivity contribution in [3.05, 3.63) is 35.5 Å². The Bertz CT molecular complexity index is 216. The number of hydrogen-bond acceptors (Lipinski definition) is 1. The molecule has 0 spiro atoms. The Morgan fingerprint density at radius 1 is 1.64 bits per heavy atom. The first-order chi connectivity index (χ1) is 5.20. The van der Waals surface area contributed by atoms with Crippen molar-refractivity contribution in [2.24, 2.45) is 4.99 Å². The van der Waals surface area contributed by atoms with E-state index in [1.807, 2.05) is 13.0 Å². The molecule has 3 heteroatoms. The molecule has 0 unspecified atom stereocenters. The van der Waals surface area contributed by atoms with Crippen LogP contribution in [0.3, 0.4) is 0 Å². The van der Waals surface area contributed by atoms with Crippen LogP contribution in [0.5, 0.6) is 0 Å². The second-order valence-corrected chi connectivity index (χ2v) is 2.97. The lowest BCUT2D eigenvalue weighted by atomic mass is 10.5. The van der Waals surface area contributed by atoms with Crippen LogP contribution < -0.4 is 0 Å². The Hall–Kier alpha value is -0.340. The Morgan fingerprint density at radius 2 is 2.27 bits per heavy atom. The standard InChI is InChI=1S/C8H9BrClN/c1-3-5-8(10)11-6-7(9)4-2/h3-6H,2H2,1H3/b5-3+,7-6+,11-8+. The van der Waals surface area contributed by atoms with Gasteiger partial charge >= 0.3 is 0 Å². The number of halogens is 2. The predicted molar refractivity (Wildman–Crippen MR) is 55.3 cm³/mol. The second-order valence-electron chi connectivity index (χ2n) is 1.67. The van der Waals surface area contributed by atoms with Crippen LogP contribution in [-0.2, 0) is 0 Å². The highest BCUT2D eigenvalue weighted by molar-refractivity contribution is 9.11. The first-order valence-corrected chi connectivity index (χ1v) is 4.22. The van der Waals surface area contributed by atoms with Gasteiger partial charge in [0.2, 0.25) is 0 Å². The van der Waals surface area contributed by atoms with Gasteiger partial charge in [0.1, 0.15) is 5.17 Å². The van der Waals surface area contributed by atoms with E-state index in [9.17, 15) is 0 Å². The summed E-state index contributed by atoms with van der Waals surface area (Å²) in [4.78, 5) is 3.90. The minimum absolute atomic E-state index is 0.450. The van der Waals surface area contributed by atoms with Crippen LogP contribution in [0.25, 0.3) is 0 Å². The molecule has 0 heterocycles. The van der Waals surface area contributed by atoms with Crippen LogP contribution in [0.15, 0.2) is 40.5 Å². The Kier molecular flexibility index (Phi) is 6.18. The van der Waals surface area contributed by atoms with Crippen molar-refractivity contribution in [1.82, 2.24) is 0 Å². The van der Waals surface area contributed by atoms with E-state index in [2.05, 4.69) is 27.5 Å². The molecule has 0 radical (unpaired) electrons. The van der Waals surface area contributed by atoms with Gasteiger partial charge in [0.25, 0.3) is 0 Å². The lowest BCUT2D eigenvalue weighted by Crippen LogP contribution is -1.75. The third-order valence-electron chi connectivity index (χ3n) is 0.810. The molecule has 0 fully saturated rings. The van der Waals surface area contributed by atoms with E-state index >= 15 is 0 Å². The minimum atomic E-state index is 0.450. The van der Waals surface area contributed by atoms with Crippen molar-refractivity contribution in [3.63, 3.8) is 0 Å². The average Bonchev–Trinajstić information content (AvgIpc) is 2.01. The summed E-state index contributed by atoms with van der Waals surface area (Å²) < 4.78 is 0.806. The first kappa shape index (κ1) is 10.7. The van der Waals surface area contributed by atoms with Crippen LogP contribution in [0.4, 0.5) is 0 Å². The molecular formula is C8H9BrClN. The fourth-order valence-corrected chi connectivity index (χ4v) is 0.634. The summed E-state index contributed by atoms with van der Waals surface area (Å²) >= 11 is 8.86. The molecule has 0 aliphatic rings. The highest BCUT2D eigenvalue weighted by Gasteiger charge is 1.82. The summed E-state index contributed by atoms with van der Waals surface area (Å²) in [6.07, 6.45) is 6.77. The van der Waals surface area contributed by atoms with Gasteiger partial charge in [-0.3, -0.25) is 0 Å². The SMILES string of the molecule is C=C\C(Br)=C/N=C(Cl)\C=C\C. The zero-order chi connectivity index (χ0) is 8.69. The maximum absolute atomic E-state index is 5.65. The molecule has 0 N–H and O–H groups in total. The van der Waals surface area contributed by atoms with Crippen LogP contribution in [0.2, 0.25) is 0 Å². The molecule has 0 aliphatic heterocycles. The zero-order valence-corrected chi connectivity index (χ0v) is 8.56. The number of rotatable bonds is 3. The fraction of sp³-hybridized carbons (Fsp3) is 0.125. The van der Waals surface area contributed by atoms with Crippen molar-refractivity contribution in [2.75, 3.05) is 0 Å². The summed E-state index contributed by atoms with van der Waals surface area (Å²) in [5.41, 5.74) is 0. The molecule has 11 heavy (non-hydrogen) atoms. The van der Waals surface area contributed by atoms with Crippen molar-refractivity contribution in [3.8, 4) is 0 Å². The summed E-state index contributed by atoms with van der Waals surface area (Å²) in [5.74, 6) is 0. The lowest BCUT2D eigenvalue weighted by Gasteiger charge is -1.84. The largest absolute Gasteiger partial charge is 0.243 e. The van der Waals surface area contributed by atoms with Gasteiger partial charge in [-0.1, -0.05) is 30.3 Å². The topological polar surface area (TPSA) is 12.4 Å². The molecule has 0 aromatic rings. The molecular weight excluding hydrogens is 225 g/mol. The quantitative estimate of drug-likeness (QED) is 0.522. The van der Waals surface area contributed by atoms with Gasteiger partial charge in [-0.15, -0.1) is 0 Å². The van der Waals surface area contributed by atoms with E-state index in [0.29, 0.717) is 5.17 Å². The van der Waals surface area contributed by atoms with Gasteiger partial charge in [0.15, 0.2) is 0 Å². The highest BCUT2D eigenvalue weighted by Crippen LogP contribution is 2.05. The predicted octanol–water partition coefficient (Wildman–Crippen LogP) is 3.62. The fourth-order valence-electron chi connectivity index (χ4n) is 0.357. The maximum Gasteiger partial charge on any atom is 0.128 e. The third kappa shape index (κ3) is 6.07. The van der Waals surface area contributed by atoms with Crippen LogP contribution in [0.1, 0.15) is 6.92 Å². The summed E-state index contributed by atoms with van der Waals surface area (Å²) in [6, 6.07) is 0. The average molecular weight is 235 g/mol. The van der Waals surface area contributed by atoms with Crippen molar-refractivity contribution in [2.45, 2.75) is 6.92 Å². The van der Waals surface area contributed by atoms with E-state index in [0.717, 1.165) is 4.48 Å². The molecule has 0 bridgehead atoms. The van der Waals surface area contributed by atoms with Crippen molar-refractivity contribution >= 4 is 32.7 Å². The van der Waals surface area contributed by atoms with Crippen LogP contribution >= 0.6 is 27.5 Å². The molecule has 0 aliphatic carbocycles. The number of nitrogens with zero attached hydrogens (tertiary/aromatic N) is 1. The minimum Gasteiger partial charge on any atom is -0.243 e. The summed E-state index contributed by atoms with van der Waals surface area (Å²) in [7, 11) is 0. The molecule has 1 nitrogen and oxygen atoms in total. The zero-order valence-electron chi connectivity index (χ0n) is 6.22. The Morgan fingerprint density at radius 3 is 2.73 bits per heavy atom. The van der Waals surface area contributed by atoms with E-state index in [1.165, 1.54) is 0 Å². The monoisotopic (exact) mass is 233 g/mol. The molecule has 0 saturated carbocycles. The molecule has 0 aromatic heterocycles. The van der Waals surface area contributed by atoms with E-state index in [1.54, 1.807) is 18.4 Å². The number of allylic oxidation sites excluding steroid dienone is 4. The second kappa shape index (κ2) is 6.38. The van der Waals surface area contributed by atoms with Crippen LogP contribution in [0, 0.1) is 0 Å². The van der Waals surface area contributed by atoms with Gasteiger partial charge in [-0.2, -0.15) is 0 Å². The van der Waals surface area contributed by atoms with Gasteiger partial charge in [-0.05, 0) is 28.9 Å². The van der Waals surface area contributed by atoms with Gasteiger partial charge in [0, 0.05) is 10.7 Å². The van der Waals surface area contributed by atoms with Crippen LogP contribution in [-0.4, -0.2) is 5.17 Å². The lowest BCUT2D eigenvalue weighted by molar-refractivity contribution is 1.57. The first-order valence-electron chi connectivity index (χ1n) is 3.04. The Balaban J connectivity index is 4.21. The van der Waals surface area contributed by atoms with Crippen molar-refractivity contribution < 1.29 is 0 Å². The summed E-state index contributed by atoms with van der Waals surface area (Å²) in [6.45, 7) is 5.42. The smallest absolute Gasteiger partial charge is 0.128 e. The van der Waals surface area contributed by atoms with E-state index < -0.39 is 0 Å². The Labute approximate surface area is 80.3 Å². The summed E-state index contributed by atoms with van der Waals surface area (Å²) in [5, 5.41) is 0.450. The van der Waals surface area contributed by atoms with Gasteiger partial charge in [0.05, 0.1) is 0 Å². The maximum atomic E-state index is 5.65. The van der Waals surface area contributed by atoms with Gasteiger partial charge in [-0.25, -0.2) is 4.99 Å². The number of aliphatic imine (C=N–C) groups is 1. The number of hydrogen-bond donors (Lipinski definition) is 0. The van der Waals surface area contributed by atoms with E-state index in [4.69, 9.17) is 11.6 Å².